The van der Waals surface area contributed by atoms with Crippen molar-refractivity contribution < 1.29 is 9.66 Å². The van der Waals surface area contributed by atoms with Crippen molar-refractivity contribution in [3.8, 4) is 11.8 Å². The molecule has 0 aliphatic heterocycles. The van der Waals surface area contributed by atoms with Gasteiger partial charge in [-0.1, -0.05) is 30.3 Å². The molecule has 20 heavy (non-hydrogen) atoms. The van der Waals surface area contributed by atoms with Crippen molar-refractivity contribution in [1.29, 1.82) is 5.26 Å². The van der Waals surface area contributed by atoms with Gasteiger partial charge in [0, 0.05) is 11.6 Å². The molecule has 0 heterocycles. The minimum Gasteiger partial charge on any atom is -0.488 e. The largest absolute Gasteiger partial charge is 0.488 e. The molecule has 0 aliphatic carbocycles. The maximum Gasteiger partial charge on any atom is 0.273 e. The van der Waals surface area contributed by atoms with Crippen LogP contribution in [0.2, 0.25) is 0 Å². The lowest BCUT2D eigenvalue weighted by molar-refractivity contribution is -0.385. The normalized spacial score (nSPS) is 9.80. The first-order valence-corrected chi connectivity index (χ1v) is 5.97. The quantitative estimate of drug-likeness (QED) is 0.629. The Kier molecular flexibility index (Phi) is 3.96. The molecule has 2 aromatic rings. The molecule has 0 saturated carbocycles. The third-order valence-electron chi connectivity index (χ3n) is 2.85. The maximum atomic E-state index is 10.8. The lowest BCUT2D eigenvalue weighted by Crippen LogP contribution is -2.00. The van der Waals surface area contributed by atoms with Gasteiger partial charge < -0.3 is 4.74 Å². The fraction of sp³-hybridized carbons (Fsp3) is 0.133. The lowest BCUT2D eigenvalue weighted by Gasteiger charge is -2.09. The topological polar surface area (TPSA) is 76.2 Å². The van der Waals surface area contributed by atoms with Gasteiger partial charge in [0.1, 0.15) is 24.0 Å². The highest BCUT2D eigenvalue weighted by atomic mass is 16.6. The van der Waals surface area contributed by atoms with E-state index in [1.54, 1.807) is 6.92 Å². The molecule has 0 aliphatic rings. The fourth-order valence-electron chi connectivity index (χ4n) is 1.81. The highest BCUT2D eigenvalue weighted by molar-refractivity contribution is 5.54. The maximum absolute atomic E-state index is 10.8. The zero-order valence-corrected chi connectivity index (χ0v) is 10.9. The van der Waals surface area contributed by atoms with Crippen LogP contribution in [-0.2, 0) is 6.61 Å². The number of ether oxygens (including phenoxy) is 1. The van der Waals surface area contributed by atoms with Gasteiger partial charge in [0.2, 0.25) is 0 Å². The minimum atomic E-state index is -0.503. The number of benzene rings is 2. The number of rotatable bonds is 4. The van der Waals surface area contributed by atoms with Gasteiger partial charge in [0.15, 0.2) is 0 Å². The van der Waals surface area contributed by atoms with Crippen LogP contribution in [0.25, 0.3) is 0 Å². The van der Waals surface area contributed by atoms with Crippen molar-refractivity contribution in [1.82, 2.24) is 0 Å². The molecule has 0 N–H and O–H groups in total. The van der Waals surface area contributed by atoms with Gasteiger partial charge in [0.05, 0.1) is 4.92 Å². The molecule has 0 aromatic heterocycles. The van der Waals surface area contributed by atoms with E-state index in [1.165, 1.54) is 12.1 Å². The number of nitro benzene ring substituents is 1. The number of hydrogen-bond donors (Lipinski definition) is 0. The Labute approximate surface area is 116 Å². The van der Waals surface area contributed by atoms with Crippen molar-refractivity contribution in [3.63, 3.8) is 0 Å². The molecule has 0 atom stereocenters. The second kappa shape index (κ2) is 5.85. The van der Waals surface area contributed by atoms with Gasteiger partial charge in [0.25, 0.3) is 5.69 Å². The Hall–Kier alpha value is -2.87. The van der Waals surface area contributed by atoms with E-state index in [0.29, 0.717) is 17.9 Å². The average Bonchev–Trinajstić information content (AvgIpc) is 2.46. The number of hydrogen-bond acceptors (Lipinski definition) is 4. The highest BCUT2D eigenvalue weighted by Crippen LogP contribution is 2.28. The van der Waals surface area contributed by atoms with Crippen LogP contribution >= 0.6 is 0 Å². The Balaban J connectivity index is 2.26. The van der Waals surface area contributed by atoms with E-state index in [1.807, 2.05) is 36.4 Å². The first kappa shape index (κ1) is 13.6. The van der Waals surface area contributed by atoms with Gasteiger partial charge in [-0.25, -0.2) is 0 Å². The van der Waals surface area contributed by atoms with Crippen LogP contribution in [0.3, 0.4) is 0 Å². The van der Waals surface area contributed by atoms with E-state index >= 15 is 0 Å². The summed E-state index contributed by atoms with van der Waals surface area (Å²) in [6.07, 6.45) is 0. The van der Waals surface area contributed by atoms with Gasteiger partial charge in [-0.2, -0.15) is 5.26 Å². The predicted octanol–water partition coefficient (Wildman–Crippen LogP) is 3.35. The summed E-state index contributed by atoms with van der Waals surface area (Å²) in [5.41, 5.74) is 1.52. The molecule has 5 nitrogen and oxygen atoms in total. The van der Waals surface area contributed by atoms with Crippen LogP contribution in [0.1, 0.15) is 16.7 Å². The van der Waals surface area contributed by atoms with Gasteiger partial charge >= 0.3 is 0 Å². The Morgan fingerprint density at radius 3 is 2.60 bits per heavy atom. The standard InChI is InChI=1S/C15H12N2O3/c1-11-7-15(13(9-16)8-14(11)17(18)19)20-10-12-5-3-2-4-6-12/h2-8H,10H2,1H3. The van der Waals surface area contributed by atoms with E-state index in [4.69, 9.17) is 10.00 Å². The van der Waals surface area contributed by atoms with Crippen molar-refractivity contribution in [2.24, 2.45) is 0 Å². The third kappa shape index (κ3) is 2.93. The summed E-state index contributed by atoms with van der Waals surface area (Å²) >= 11 is 0. The number of aryl methyl sites for hydroxylation is 1. The zero-order chi connectivity index (χ0) is 14.5. The monoisotopic (exact) mass is 268 g/mol. The van der Waals surface area contributed by atoms with E-state index < -0.39 is 4.92 Å². The molecule has 100 valence electrons. The molecule has 0 radical (unpaired) electrons. The summed E-state index contributed by atoms with van der Waals surface area (Å²) in [4.78, 5) is 10.3. The fourth-order valence-corrected chi connectivity index (χ4v) is 1.81. The second-order valence-corrected chi connectivity index (χ2v) is 4.28. The van der Waals surface area contributed by atoms with Crippen LogP contribution in [0.5, 0.6) is 5.75 Å². The number of nitriles is 1. The Bertz CT molecular complexity index is 676. The lowest BCUT2D eigenvalue weighted by atomic mass is 10.1. The molecule has 5 heteroatoms. The van der Waals surface area contributed by atoms with Crippen LogP contribution in [0.15, 0.2) is 42.5 Å². The summed E-state index contributed by atoms with van der Waals surface area (Å²) in [5.74, 6) is 0.361. The van der Waals surface area contributed by atoms with Gasteiger partial charge in [-0.15, -0.1) is 0 Å². The van der Waals surface area contributed by atoms with Crippen molar-refractivity contribution in [2.45, 2.75) is 13.5 Å². The summed E-state index contributed by atoms with van der Waals surface area (Å²) in [7, 11) is 0. The average molecular weight is 268 g/mol. The van der Waals surface area contributed by atoms with E-state index in [9.17, 15) is 10.1 Å². The first-order chi connectivity index (χ1) is 9.61. The van der Waals surface area contributed by atoms with Crippen molar-refractivity contribution >= 4 is 5.69 Å². The molecule has 0 fully saturated rings. The molecule has 0 saturated heterocycles. The smallest absolute Gasteiger partial charge is 0.273 e. The zero-order valence-electron chi connectivity index (χ0n) is 10.9. The molecule has 2 aromatic carbocycles. The molecular weight excluding hydrogens is 256 g/mol. The van der Waals surface area contributed by atoms with Gasteiger partial charge in [-0.3, -0.25) is 10.1 Å². The summed E-state index contributed by atoms with van der Waals surface area (Å²) in [6.45, 7) is 1.93. The van der Waals surface area contributed by atoms with Crippen LogP contribution in [0, 0.1) is 28.4 Å². The van der Waals surface area contributed by atoms with E-state index in [-0.39, 0.29) is 11.3 Å². The Morgan fingerprint density at radius 2 is 2.00 bits per heavy atom. The first-order valence-electron chi connectivity index (χ1n) is 5.97. The summed E-state index contributed by atoms with van der Waals surface area (Å²) in [5, 5.41) is 19.9. The van der Waals surface area contributed by atoms with Crippen LogP contribution in [0.4, 0.5) is 5.69 Å². The second-order valence-electron chi connectivity index (χ2n) is 4.28. The molecule has 0 unspecified atom stereocenters. The van der Waals surface area contributed by atoms with Gasteiger partial charge in [-0.05, 0) is 18.6 Å². The number of nitrogens with zero attached hydrogens (tertiary/aromatic N) is 2. The Morgan fingerprint density at radius 1 is 1.30 bits per heavy atom. The van der Waals surface area contributed by atoms with Crippen molar-refractivity contribution in [3.05, 3.63) is 69.3 Å². The number of nitro groups is 1. The van der Waals surface area contributed by atoms with Crippen LogP contribution in [-0.4, -0.2) is 4.92 Å². The molecule has 2 rings (SSSR count). The summed E-state index contributed by atoms with van der Waals surface area (Å²) in [6, 6.07) is 14.2. The highest BCUT2D eigenvalue weighted by Gasteiger charge is 2.16. The third-order valence-corrected chi connectivity index (χ3v) is 2.85. The van der Waals surface area contributed by atoms with E-state index in [0.717, 1.165) is 5.56 Å². The molecule has 0 amide bonds. The molecule has 0 bridgehead atoms. The van der Waals surface area contributed by atoms with Crippen molar-refractivity contribution in [2.75, 3.05) is 0 Å². The SMILES string of the molecule is Cc1cc(OCc2ccccc2)c(C#N)cc1[N+](=O)[O-]. The predicted molar refractivity (Wildman–Crippen MR) is 73.3 cm³/mol. The molecular formula is C15H12N2O3. The van der Waals surface area contributed by atoms with Crippen LogP contribution < -0.4 is 4.74 Å². The summed E-state index contributed by atoms with van der Waals surface area (Å²) < 4.78 is 5.58. The molecule has 0 spiro atoms. The van der Waals surface area contributed by atoms with E-state index in [2.05, 4.69) is 0 Å². The minimum absolute atomic E-state index is 0.0754.